The summed E-state index contributed by atoms with van der Waals surface area (Å²) in [7, 11) is 0. The molecule has 0 aliphatic rings. The maximum Gasteiger partial charge on any atom is 0.258 e. The highest BCUT2D eigenvalue weighted by molar-refractivity contribution is 5.77. The lowest BCUT2D eigenvalue weighted by Gasteiger charge is -2.13. The lowest BCUT2D eigenvalue weighted by molar-refractivity contribution is -0.123. The van der Waals surface area contributed by atoms with Crippen LogP contribution < -0.4 is 14.8 Å². The Balaban J connectivity index is 1.75. The molecule has 1 N–H and O–H groups in total. The van der Waals surface area contributed by atoms with E-state index in [1.807, 2.05) is 52.8 Å². The number of hydrogen-bond donors (Lipinski definition) is 1. The number of aryl methyl sites for hydroxylation is 4. The number of nitrogens with one attached hydrogen (secondary N) is 1. The summed E-state index contributed by atoms with van der Waals surface area (Å²) in [6, 6.07) is 10.1. The Bertz CT molecular complexity index is 753. The van der Waals surface area contributed by atoms with Gasteiger partial charge in [-0.3, -0.25) is 4.79 Å². The van der Waals surface area contributed by atoms with E-state index in [0.29, 0.717) is 13.2 Å². The van der Waals surface area contributed by atoms with Crippen molar-refractivity contribution in [1.29, 1.82) is 0 Å². The lowest BCUT2D eigenvalue weighted by atomic mass is 10.1. The second-order valence-corrected chi connectivity index (χ2v) is 6.46. The molecule has 1 amide bonds. The number of rotatable bonds is 7. The first-order valence-corrected chi connectivity index (χ1v) is 8.54. The van der Waals surface area contributed by atoms with Gasteiger partial charge in [0.1, 0.15) is 18.1 Å². The van der Waals surface area contributed by atoms with Crippen LogP contribution in [0.3, 0.4) is 0 Å². The predicted molar refractivity (Wildman–Crippen MR) is 101 cm³/mol. The number of ether oxygens (including phenoxy) is 2. The second kappa shape index (κ2) is 8.56. The molecule has 4 heteroatoms. The van der Waals surface area contributed by atoms with Gasteiger partial charge in [0.2, 0.25) is 0 Å². The average Bonchev–Trinajstić information content (AvgIpc) is 2.56. The van der Waals surface area contributed by atoms with Crippen LogP contribution in [0.25, 0.3) is 0 Å². The van der Waals surface area contributed by atoms with Crippen LogP contribution in [0.4, 0.5) is 0 Å². The Morgan fingerprint density at radius 3 is 2.36 bits per heavy atom. The number of hydrogen-bond acceptors (Lipinski definition) is 3. The molecule has 0 spiro atoms. The molecule has 4 nitrogen and oxygen atoms in total. The molecule has 2 aromatic rings. The first-order valence-electron chi connectivity index (χ1n) is 8.54. The molecule has 0 aliphatic heterocycles. The van der Waals surface area contributed by atoms with Gasteiger partial charge in [-0.2, -0.15) is 0 Å². The van der Waals surface area contributed by atoms with Crippen molar-refractivity contribution in [2.75, 3.05) is 19.8 Å². The fourth-order valence-corrected chi connectivity index (χ4v) is 2.56. The van der Waals surface area contributed by atoms with Gasteiger partial charge in [-0.25, -0.2) is 0 Å². The first-order chi connectivity index (χ1) is 11.9. The van der Waals surface area contributed by atoms with Gasteiger partial charge >= 0.3 is 0 Å². The van der Waals surface area contributed by atoms with E-state index in [1.165, 1.54) is 0 Å². The van der Waals surface area contributed by atoms with E-state index >= 15 is 0 Å². The Labute approximate surface area is 150 Å². The van der Waals surface area contributed by atoms with Crippen molar-refractivity contribution in [1.82, 2.24) is 5.32 Å². The molecule has 0 radical (unpaired) electrons. The van der Waals surface area contributed by atoms with Crippen molar-refractivity contribution in [2.45, 2.75) is 34.6 Å². The molecule has 0 unspecified atom stereocenters. The number of amides is 1. The fraction of sp³-hybridized carbons (Fsp3) is 0.381. The number of carbonyl (C=O) groups excluding carboxylic acids is 1. The van der Waals surface area contributed by atoms with Gasteiger partial charge in [-0.05, 0) is 74.6 Å². The highest BCUT2D eigenvalue weighted by atomic mass is 16.5. The standard InChI is InChI=1S/C21H27NO3/c1-14-6-7-16(3)19(11-14)24-9-8-22-21(23)13-25-20-12-15(2)10-17(4)18(20)5/h6-7,10-12H,8-9,13H2,1-5H3,(H,22,23). The largest absolute Gasteiger partial charge is 0.491 e. The van der Waals surface area contributed by atoms with Gasteiger partial charge in [0.25, 0.3) is 5.91 Å². The van der Waals surface area contributed by atoms with Crippen LogP contribution in [0, 0.1) is 34.6 Å². The van der Waals surface area contributed by atoms with Gasteiger partial charge < -0.3 is 14.8 Å². The van der Waals surface area contributed by atoms with E-state index in [1.54, 1.807) is 0 Å². The van der Waals surface area contributed by atoms with Crippen molar-refractivity contribution in [3.63, 3.8) is 0 Å². The molecule has 25 heavy (non-hydrogen) atoms. The van der Waals surface area contributed by atoms with Crippen LogP contribution >= 0.6 is 0 Å². The Kier molecular flexibility index (Phi) is 6.45. The third kappa shape index (κ3) is 5.52. The first kappa shape index (κ1) is 18.8. The van der Waals surface area contributed by atoms with Crippen molar-refractivity contribution in [3.05, 3.63) is 58.1 Å². The Morgan fingerprint density at radius 1 is 0.880 bits per heavy atom. The minimum Gasteiger partial charge on any atom is -0.491 e. The summed E-state index contributed by atoms with van der Waals surface area (Å²) in [5, 5.41) is 2.82. The third-order valence-corrected chi connectivity index (χ3v) is 4.15. The molecule has 0 saturated carbocycles. The molecule has 0 aliphatic carbocycles. The van der Waals surface area contributed by atoms with Crippen LogP contribution in [0.1, 0.15) is 27.8 Å². The fourth-order valence-electron chi connectivity index (χ4n) is 2.56. The minimum atomic E-state index is -0.150. The molecule has 0 atom stereocenters. The van der Waals surface area contributed by atoms with Crippen LogP contribution in [0.5, 0.6) is 11.5 Å². The minimum absolute atomic E-state index is 0.00715. The molecule has 0 bridgehead atoms. The molecule has 2 aromatic carbocycles. The van der Waals surface area contributed by atoms with Gasteiger partial charge in [0, 0.05) is 0 Å². The second-order valence-electron chi connectivity index (χ2n) is 6.46. The maximum absolute atomic E-state index is 11.9. The monoisotopic (exact) mass is 341 g/mol. The lowest BCUT2D eigenvalue weighted by Crippen LogP contribution is -2.32. The smallest absolute Gasteiger partial charge is 0.258 e. The maximum atomic E-state index is 11.9. The topological polar surface area (TPSA) is 47.6 Å². The quantitative estimate of drug-likeness (QED) is 0.779. The van der Waals surface area contributed by atoms with Crippen LogP contribution in [0.2, 0.25) is 0 Å². The molecule has 0 saturated heterocycles. The van der Waals surface area contributed by atoms with E-state index < -0.39 is 0 Å². The average molecular weight is 341 g/mol. The Hall–Kier alpha value is -2.49. The van der Waals surface area contributed by atoms with Crippen molar-refractivity contribution >= 4 is 5.91 Å². The zero-order valence-electron chi connectivity index (χ0n) is 15.7. The van der Waals surface area contributed by atoms with Crippen molar-refractivity contribution in [3.8, 4) is 11.5 Å². The highest BCUT2D eigenvalue weighted by Crippen LogP contribution is 2.23. The van der Waals surface area contributed by atoms with E-state index in [9.17, 15) is 4.79 Å². The molecule has 0 fully saturated rings. The van der Waals surface area contributed by atoms with E-state index in [-0.39, 0.29) is 12.5 Å². The zero-order valence-corrected chi connectivity index (χ0v) is 15.7. The molecule has 0 aromatic heterocycles. The summed E-state index contributed by atoms with van der Waals surface area (Å²) in [5.74, 6) is 1.47. The Morgan fingerprint density at radius 2 is 1.60 bits per heavy atom. The molecule has 0 heterocycles. The van der Waals surface area contributed by atoms with E-state index in [2.05, 4.69) is 17.4 Å². The summed E-state index contributed by atoms with van der Waals surface area (Å²) in [4.78, 5) is 11.9. The van der Waals surface area contributed by atoms with Crippen LogP contribution in [-0.2, 0) is 4.79 Å². The summed E-state index contributed by atoms with van der Waals surface area (Å²) in [6.45, 7) is 11.0. The van der Waals surface area contributed by atoms with Gasteiger partial charge in [-0.1, -0.05) is 18.2 Å². The highest BCUT2D eigenvalue weighted by Gasteiger charge is 2.07. The summed E-state index contributed by atoms with van der Waals surface area (Å²) in [5.41, 5.74) is 5.60. The number of carbonyl (C=O) groups is 1. The van der Waals surface area contributed by atoms with Crippen LogP contribution in [0.15, 0.2) is 30.3 Å². The predicted octanol–water partition coefficient (Wildman–Crippen LogP) is 3.80. The molecular weight excluding hydrogens is 314 g/mol. The van der Waals surface area contributed by atoms with E-state index in [4.69, 9.17) is 9.47 Å². The summed E-state index contributed by atoms with van der Waals surface area (Å²) < 4.78 is 11.4. The van der Waals surface area contributed by atoms with Crippen molar-refractivity contribution in [2.24, 2.45) is 0 Å². The van der Waals surface area contributed by atoms with Crippen LogP contribution in [-0.4, -0.2) is 25.7 Å². The van der Waals surface area contributed by atoms with Gasteiger partial charge in [-0.15, -0.1) is 0 Å². The van der Waals surface area contributed by atoms with Gasteiger partial charge in [0.05, 0.1) is 6.54 Å². The SMILES string of the molecule is Cc1ccc(C)c(OCCNC(=O)COc2cc(C)cc(C)c2C)c1. The summed E-state index contributed by atoms with van der Waals surface area (Å²) in [6.07, 6.45) is 0. The molecule has 134 valence electrons. The van der Waals surface area contributed by atoms with Crippen molar-refractivity contribution < 1.29 is 14.3 Å². The molecular formula is C21H27NO3. The van der Waals surface area contributed by atoms with Gasteiger partial charge in [0.15, 0.2) is 6.61 Å². The number of benzene rings is 2. The van der Waals surface area contributed by atoms with E-state index in [0.717, 1.165) is 39.3 Å². The third-order valence-electron chi connectivity index (χ3n) is 4.15. The summed E-state index contributed by atoms with van der Waals surface area (Å²) >= 11 is 0. The normalized spacial score (nSPS) is 10.4. The molecule has 2 rings (SSSR count). The zero-order chi connectivity index (χ0) is 18.4.